The maximum Gasteiger partial charge on any atom is 0.151 e. The molecule has 0 amide bonds. The van der Waals surface area contributed by atoms with Crippen LogP contribution in [0, 0.1) is 0 Å². The fraction of sp³-hybridized carbons (Fsp3) is 0.571. The molecule has 1 heterocycles. The monoisotopic (exact) mass is 267 g/mol. The van der Waals surface area contributed by atoms with E-state index in [2.05, 4.69) is 20.9 Å². The van der Waals surface area contributed by atoms with Gasteiger partial charge < -0.3 is 4.74 Å². The first kappa shape index (κ1) is 10.5. The molecule has 2 nitrogen and oxygen atoms in total. The lowest BCUT2D eigenvalue weighted by molar-refractivity contribution is 0.200. The predicted molar refractivity (Wildman–Crippen MR) is 57.0 cm³/mol. The van der Waals surface area contributed by atoms with Crippen molar-refractivity contribution in [3.63, 3.8) is 0 Å². The summed E-state index contributed by atoms with van der Waals surface area (Å²) >= 11 is 6.77. The summed E-state index contributed by atoms with van der Waals surface area (Å²) in [6.07, 6.45) is 1.08. The van der Waals surface area contributed by atoms with Crippen LogP contribution in [0.1, 0.15) is 6.42 Å². The summed E-state index contributed by atoms with van der Waals surface area (Å²) in [6, 6.07) is 0. The molecule has 0 aliphatic heterocycles. The van der Waals surface area contributed by atoms with Gasteiger partial charge in [-0.25, -0.2) is 4.98 Å². The molecule has 1 aromatic rings. The Morgan fingerprint density at radius 2 is 2.58 bits per heavy atom. The van der Waals surface area contributed by atoms with E-state index in [9.17, 15) is 0 Å². The molecule has 0 saturated carbocycles. The van der Waals surface area contributed by atoms with E-state index < -0.39 is 0 Å². The number of nitrogens with zero attached hydrogens (tertiary/aromatic N) is 1. The van der Waals surface area contributed by atoms with E-state index in [1.807, 2.05) is 5.38 Å². The number of halogens is 1. The first-order chi connectivity index (χ1) is 5.83. The van der Waals surface area contributed by atoms with Crippen molar-refractivity contribution in [3.8, 4) is 0 Å². The van der Waals surface area contributed by atoms with Gasteiger partial charge in [-0.15, -0.1) is 11.3 Å². The summed E-state index contributed by atoms with van der Waals surface area (Å²) in [5.41, 5.74) is 0. The Morgan fingerprint density at radius 1 is 1.75 bits per heavy atom. The predicted octanol–water partition coefficient (Wildman–Crippen LogP) is 3.03. The molecule has 0 saturated heterocycles. The van der Waals surface area contributed by atoms with Crippen molar-refractivity contribution in [2.45, 2.75) is 10.8 Å². The summed E-state index contributed by atoms with van der Waals surface area (Å²) in [5.74, 6) is 1.08. The number of hydrogen-bond donors (Lipinski definition) is 0. The Morgan fingerprint density at radius 3 is 3.17 bits per heavy atom. The summed E-state index contributed by atoms with van der Waals surface area (Å²) in [7, 11) is 1.73. The standard InChI is InChI=1S/C7H10BrNOS2/c1-10-3-2-4-11-7-9-6(8)5-12-7/h5H,2-4H2,1H3. The van der Waals surface area contributed by atoms with Crippen molar-refractivity contribution in [3.05, 3.63) is 9.98 Å². The zero-order valence-electron chi connectivity index (χ0n) is 6.75. The molecule has 0 radical (unpaired) electrons. The van der Waals surface area contributed by atoms with Gasteiger partial charge in [-0.3, -0.25) is 0 Å². The van der Waals surface area contributed by atoms with E-state index in [4.69, 9.17) is 4.74 Å². The molecule has 0 aliphatic carbocycles. The van der Waals surface area contributed by atoms with Gasteiger partial charge >= 0.3 is 0 Å². The van der Waals surface area contributed by atoms with Crippen LogP contribution >= 0.6 is 39.0 Å². The maximum absolute atomic E-state index is 4.95. The van der Waals surface area contributed by atoms with Gasteiger partial charge in [0.2, 0.25) is 0 Å². The van der Waals surface area contributed by atoms with E-state index >= 15 is 0 Å². The summed E-state index contributed by atoms with van der Waals surface area (Å²) in [4.78, 5) is 4.27. The highest BCUT2D eigenvalue weighted by Gasteiger charge is 1.98. The van der Waals surface area contributed by atoms with Crippen LogP contribution in [0.15, 0.2) is 14.3 Å². The molecule has 0 unspecified atom stereocenters. The van der Waals surface area contributed by atoms with Crippen molar-refractivity contribution in [2.24, 2.45) is 0 Å². The molecule has 1 aromatic heterocycles. The van der Waals surface area contributed by atoms with Crippen LogP contribution in [0.5, 0.6) is 0 Å². The minimum Gasteiger partial charge on any atom is -0.385 e. The second-order valence-electron chi connectivity index (χ2n) is 2.13. The number of hydrogen-bond acceptors (Lipinski definition) is 4. The minimum absolute atomic E-state index is 0.833. The lowest BCUT2D eigenvalue weighted by atomic mass is 10.5. The fourth-order valence-electron chi connectivity index (χ4n) is 0.668. The third-order valence-electron chi connectivity index (χ3n) is 1.17. The third kappa shape index (κ3) is 3.89. The van der Waals surface area contributed by atoms with Crippen molar-refractivity contribution < 1.29 is 4.74 Å². The minimum atomic E-state index is 0.833. The van der Waals surface area contributed by atoms with Crippen LogP contribution in [0.25, 0.3) is 0 Å². The van der Waals surface area contributed by atoms with Gasteiger partial charge in [-0.2, -0.15) is 0 Å². The molecule has 0 atom stereocenters. The highest BCUT2D eigenvalue weighted by atomic mass is 79.9. The molecule has 0 fully saturated rings. The molecule has 5 heteroatoms. The Labute approximate surface area is 88.9 Å². The van der Waals surface area contributed by atoms with Gasteiger partial charge in [0.1, 0.15) is 4.60 Å². The van der Waals surface area contributed by atoms with Gasteiger partial charge in [0.05, 0.1) is 0 Å². The second kappa shape index (κ2) is 5.96. The average Bonchev–Trinajstić information content (AvgIpc) is 2.45. The molecule has 12 heavy (non-hydrogen) atoms. The smallest absolute Gasteiger partial charge is 0.151 e. The number of rotatable bonds is 5. The quantitative estimate of drug-likeness (QED) is 0.605. The van der Waals surface area contributed by atoms with Crippen molar-refractivity contribution in [1.82, 2.24) is 4.98 Å². The summed E-state index contributed by atoms with van der Waals surface area (Å²) in [5, 5.41) is 2.00. The molecular weight excluding hydrogens is 258 g/mol. The van der Waals surface area contributed by atoms with E-state index in [1.54, 1.807) is 30.2 Å². The molecular formula is C7H10BrNOS2. The molecule has 1 rings (SSSR count). The normalized spacial score (nSPS) is 10.5. The van der Waals surface area contributed by atoms with Crippen LogP contribution in [0.4, 0.5) is 0 Å². The van der Waals surface area contributed by atoms with E-state index in [1.165, 1.54) is 0 Å². The van der Waals surface area contributed by atoms with E-state index in [-0.39, 0.29) is 0 Å². The number of ether oxygens (including phenoxy) is 1. The lowest BCUT2D eigenvalue weighted by Crippen LogP contribution is -1.89. The second-order valence-corrected chi connectivity index (χ2v) is 5.14. The highest BCUT2D eigenvalue weighted by molar-refractivity contribution is 9.10. The van der Waals surface area contributed by atoms with Crippen LogP contribution in [0.3, 0.4) is 0 Å². The van der Waals surface area contributed by atoms with Gasteiger partial charge in [-0.05, 0) is 22.4 Å². The Balaban J connectivity index is 2.15. The zero-order valence-corrected chi connectivity index (χ0v) is 9.97. The first-order valence-electron chi connectivity index (χ1n) is 3.55. The van der Waals surface area contributed by atoms with Crippen LogP contribution in [-0.4, -0.2) is 24.5 Å². The Hall–Kier alpha value is 0.420. The molecule has 68 valence electrons. The third-order valence-corrected chi connectivity index (χ3v) is 3.99. The number of thioether (sulfide) groups is 1. The van der Waals surface area contributed by atoms with E-state index in [0.717, 1.165) is 27.7 Å². The zero-order chi connectivity index (χ0) is 8.81. The molecule has 0 N–H and O–H groups in total. The number of thiazole rings is 1. The van der Waals surface area contributed by atoms with Crippen LogP contribution < -0.4 is 0 Å². The van der Waals surface area contributed by atoms with Gasteiger partial charge in [-0.1, -0.05) is 11.8 Å². The molecule has 0 spiro atoms. The molecule has 0 bridgehead atoms. The van der Waals surface area contributed by atoms with Crippen molar-refractivity contribution in [2.75, 3.05) is 19.5 Å². The van der Waals surface area contributed by atoms with Crippen molar-refractivity contribution >= 4 is 39.0 Å². The van der Waals surface area contributed by atoms with Gasteiger partial charge in [0.25, 0.3) is 0 Å². The number of aromatic nitrogens is 1. The van der Waals surface area contributed by atoms with Crippen LogP contribution in [-0.2, 0) is 4.74 Å². The van der Waals surface area contributed by atoms with Crippen molar-refractivity contribution in [1.29, 1.82) is 0 Å². The van der Waals surface area contributed by atoms with Gasteiger partial charge in [0.15, 0.2) is 4.34 Å². The van der Waals surface area contributed by atoms with Gasteiger partial charge in [0, 0.05) is 24.8 Å². The summed E-state index contributed by atoms with van der Waals surface area (Å²) < 4.78 is 7.00. The number of methoxy groups -OCH3 is 1. The maximum atomic E-state index is 4.95. The molecule has 0 aliphatic rings. The average molecular weight is 268 g/mol. The topological polar surface area (TPSA) is 22.1 Å². The fourth-order valence-corrected chi connectivity index (χ4v) is 3.03. The Bertz CT molecular complexity index is 229. The SMILES string of the molecule is COCCCSc1nc(Br)cs1. The lowest BCUT2D eigenvalue weighted by Gasteiger charge is -1.95. The summed E-state index contributed by atoms with van der Waals surface area (Å²) in [6.45, 7) is 0.833. The molecule has 0 aromatic carbocycles. The van der Waals surface area contributed by atoms with E-state index in [0.29, 0.717) is 0 Å². The first-order valence-corrected chi connectivity index (χ1v) is 6.21. The largest absolute Gasteiger partial charge is 0.385 e. The Kier molecular flexibility index (Phi) is 5.22. The van der Waals surface area contributed by atoms with Crippen LogP contribution in [0.2, 0.25) is 0 Å². The highest BCUT2D eigenvalue weighted by Crippen LogP contribution is 2.25.